The van der Waals surface area contributed by atoms with Crippen LogP contribution < -0.4 is 0 Å². The molecule has 0 bridgehead atoms. The third-order valence-electron chi connectivity index (χ3n) is 2.47. The second kappa shape index (κ2) is 3.64. The molecule has 0 radical (unpaired) electrons. The number of carboxylic acids is 1. The summed E-state index contributed by atoms with van der Waals surface area (Å²) < 4.78 is 4.89. The first kappa shape index (κ1) is 9.84. The summed E-state index contributed by atoms with van der Waals surface area (Å²) >= 11 is 0. The van der Waals surface area contributed by atoms with Gasteiger partial charge >= 0.3 is 5.97 Å². The van der Waals surface area contributed by atoms with Crippen molar-refractivity contribution >= 4 is 5.97 Å². The van der Waals surface area contributed by atoms with E-state index in [0.717, 1.165) is 5.56 Å². The van der Waals surface area contributed by atoms with Crippen molar-refractivity contribution in [3.63, 3.8) is 0 Å². The Bertz CT molecular complexity index is 276. The first-order valence-corrected chi connectivity index (χ1v) is 4.33. The number of aliphatic carboxylic acids is 1. The maximum atomic E-state index is 10.9. The molecule has 0 aliphatic carbocycles. The molecule has 0 amide bonds. The fourth-order valence-corrected chi connectivity index (χ4v) is 1.20. The molecule has 1 atom stereocenters. The molecule has 1 unspecified atom stereocenters. The van der Waals surface area contributed by atoms with Gasteiger partial charge in [-0.3, -0.25) is 4.79 Å². The number of hydrogen-bond acceptors (Lipinski definition) is 2. The maximum Gasteiger partial charge on any atom is 0.309 e. The predicted octanol–water partition coefficient (Wildman–Crippen LogP) is 2.32. The maximum absolute atomic E-state index is 10.9. The van der Waals surface area contributed by atoms with Gasteiger partial charge in [0.05, 0.1) is 17.9 Å². The second-order valence-corrected chi connectivity index (χ2v) is 3.53. The van der Waals surface area contributed by atoms with Crippen molar-refractivity contribution in [3.05, 3.63) is 24.2 Å². The molecule has 0 fully saturated rings. The van der Waals surface area contributed by atoms with Crippen LogP contribution in [0.25, 0.3) is 0 Å². The lowest BCUT2D eigenvalue weighted by molar-refractivity contribution is -0.148. The average molecular weight is 182 g/mol. The average Bonchev–Trinajstić information content (AvgIpc) is 2.56. The molecule has 72 valence electrons. The monoisotopic (exact) mass is 182 g/mol. The fraction of sp³-hybridized carbons (Fsp3) is 0.500. The minimum Gasteiger partial charge on any atom is -0.481 e. The van der Waals surface area contributed by atoms with E-state index in [1.807, 2.05) is 6.92 Å². The molecule has 0 spiro atoms. The van der Waals surface area contributed by atoms with Crippen molar-refractivity contribution in [2.45, 2.75) is 26.7 Å². The SMILES string of the molecule is CCC(C)(Cc1ccoc1)C(=O)O. The Hall–Kier alpha value is -1.25. The second-order valence-electron chi connectivity index (χ2n) is 3.53. The Labute approximate surface area is 77.4 Å². The van der Waals surface area contributed by atoms with Crippen LogP contribution in [-0.4, -0.2) is 11.1 Å². The molecule has 1 aromatic rings. The summed E-state index contributed by atoms with van der Waals surface area (Å²) in [4.78, 5) is 10.9. The van der Waals surface area contributed by atoms with E-state index < -0.39 is 11.4 Å². The third kappa shape index (κ3) is 2.11. The Morgan fingerprint density at radius 2 is 2.38 bits per heavy atom. The van der Waals surface area contributed by atoms with E-state index in [1.165, 1.54) is 0 Å². The number of carbonyl (C=O) groups is 1. The van der Waals surface area contributed by atoms with E-state index in [-0.39, 0.29) is 0 Å². The predicted molar refractivity (Wildman–Crippen MR) is 48.4 cm³/mol. The Morgan fingerprint density at radius 3 is 2.77 bits per heavy atom. The fourth-order valence-electron chi connectivity index (χ4n) is 1.20. The molecule has 0 aliphatic heterocycles. The Kier molecular flexibility index (Phi) is 2.76. The molecule has 1 N–H and O–H groups in total. The van der Waals surface area contributed by atoms with Crippen LogP contribution in [0.2, 0.25) is 0 Å². The molecule has 13 heavy (non-hydrogen) atoms. The van der Waals surface area contributed by atoms with Crippen molar-refractivity contribution in [3.8, 4) is 0 Å². The topological polar surface area (TPSA) is 50.4 Å². The number of carboxylic acid groups (broad SMARTS) is 1. The van der Waals surface area contributed by atoms with Crippen LogP contribution in [0.15, 0.2) is 23.0 Å². The zero-order valence-corrected chi connectivity index (χ0v) is 7.91. The number of rotatable bonds is 4. The van der Waals surface area contributed by atoms with Crippen LogP contribution in [0.1, 0.15) is 25.8 Å². The van der Waals surface area contributed by atoms with Crippen molar-refractivity contribution in [2.75, 3.05) is 0 Å². The van der Waals surface area contributed by atoms with Gasteiger partial charge in [-0.25, -0.2) is 0 Å². The molecule has 0 saturated heterocycles. The van der Waals surface area contributed by atoms with E-state index in [4.69, 9.17) is 9.52 Å². The molecule has 1 aromatic heterocycles. The minimum atomic E-state index is -0.754. The first-order chi connectivity index (χ1) is 6.08. The van der Waals surface area contributed by atoms with Gasteiger partial charge in [-0.2, -0.15) is 0 Å². The largest absolute Gasteiger partial charge is 0.481 e. The zero-order valence-electron chi connectivity index (χ0n) is 7.91. The summed E-state index contributed by atoms with van der Waals surface area (Å²) in [5.74, 6) is -0.754. The Morgan fingerprint density at radius 1 is 1.69 bits per heavy atom. The van der Waals surface area contributed by atoms with Gasteiger partial charge in [0, 0.05) is 0 Å². The summed E-state index contributed by atoms with van der Waals surface area (Å²) in [7, 11) is 0. The van der Waals surface area contributed by atoms with Gasteiger partial charge in [0.1, 0.15) is 0 Å². The summed E-state index contributed by atoms with van der Waals surface area (Å²) in [6, 6.07) is 1.80. The Balaban J connectivity index is 2.75. The standard InChI is InChI=1S/C10H14O3/c1-3-10(2,9(11)12)6-8-4-5-13-7-8/h4-5,7H,3,6H2,1-2H3,(H,11,12). The van der Waals surface area contributed by atoms with Crippen LogP contribution >= 0.6 is 0 Å². The van der Waals surface area contributed by atoms with Crippen LogP contribution in [0.3, 0.4) is 0 Å². The molecule has 0 aromatic carbocycles. The normalized spacial score (nSPS) is 15.2. The van der Waals surface area contributed by atoms with Crippen LogP contribution in [0, 0.1) is 5.41 Å². The van der Waals surface area contributed by atoms with Gasteiger partial charge < -0.3 is 9.52 Å². The van der Waals surface area contributed by atoms with E-state index in [1.54, 1.807) is 25.5 Å². The highest BCUT2D eigenvalue weighted by Crippen LogP contribution is 2.26. The minimum absolute atomic E-state index is 0.523. The summed E-state index contributed by atoms with van der Waals surface area (Å²) in [6.45, 7) is 3.64. The van der Waals surface area contributed by atoms with Gasteiger partial charge in [0.25, 0.3) is 0 Å². The lowest BCUT2D eigenvalue weighted by atomic mass is 9.82. The highest BCUT2D eigenvalue weighted by Gasteiger charge is 2.31. The molecular weight excluding hydrogens is 168 g/mol. The highest BCUT2D eigenvalue weighted by molar-refractivity contribution is 5.74. The summed E-state index contributed by atoms with van der Waals surface area (Å²) in [5.41, 5.74) is 0.260. The smallest absolute Gasteiger partial charge is 0.309 e. The molecule has 1 rings (SSSR count). The molecule has 1 heterocycles. The van der Waals surface area contributed by atoms with Gasteiger partial charge in [-0.15, -0.1) is 0 Å². The summed E-state index contributed by atoms with van der Waals surface area (Å²) in [6.07, 6.45) is 4.30. The van der Waals surface area contributed by atoms with Crippen LogP contribution in [0.5, 0.6) is 0 Å². The lowest BCUT2D eigenvalue weighted by Crippen LogP contribution is -2.28. The van der Waals surface area contributed by atoms with Crippen LogP contribution in [0.4, 0.5) is 0 Å². The van der Waals surface area contributed by atoms with Crippen molar-refractivity contribution in [1.29, 1.82) is 0 Å². The van der Waals surface area contributed by atoms with E-state index in [0.29, 0.717) is 12.8 Å². The molecular formula is C10H14O3. The van der Waals surface area contributed by atoms with Gasteiger partial charge in [-0.05, 0) is 31.4 Å². The van der Waals surface area contributed by atoms with Crippen molar-refractivity contribution in [1.82, 2.24) is 0 Å². The number of furan rings is 1. The molecule has 3 heteroatoms. The molecule has 0 saturated carbocycles. The number of hydrogen-bond donors (Lipinski definition) is 1. The lowest BCUT2D eigenvalue weighted by Gasteiger charge is -2.21. The van der Waals surface area contributed by atoms with Gasteiger partial charge in [-0.1, -0.05) is 6.92 Å². The first-order valence-electron chi connectivity index (χ1n) is 4.33. The van der Waals surface area contributed by atoms with E-state index >= 15 is 0 Å². The third-order valence-corrected chi connectivity index (χ3v) is 2.47. The highest BCUT2D eigenvalue weighted by atomic mass is 16.4. The van der Waals surface area contributed by atoms with Gasteiger partial charge in [0.15, 0.2) is 0 Å². The van der Waals surface area contributed by atoms with Crippen LogP contribution in [-0.2, 0) is 11.2 Å². The molecule has 0 aliphatic rings. The van der Waals surface area contributed by atoms with Crippen molar-refractivity contribution < 1.29 is 14.3 Å². The summed E-state index contributed by atoms with van der Waals surface area (Å²) in [5, 5.41) is 9.00. The zero-order chi connectivity index (χ0) is 9.90. The van der Waals surface area contributed by atoms with E-state index in [2.05, 4.69) is 0 Å². The molecule has 3 nitrogen and oxygen atoms in total. The van der Waals surface area contributed by atoms with Gasteiger partial charge in [0.2, 0.25) is 0 Å². The van der Waals surface area contributed by atoms with E-state index in [9.17, 15) is 4.79 Å². The quantitative estimate of drug-likeness (QED) is 0.777. The van der Waals surface area contributed by atoms with Crippen molar-refractivity contribution in [2.24, 2.45) is 5.41 Å².